The van der Waals surface area contributed by atoms with Crippen LogP contribution in [0.1, 0.15) is 6.92 Å². The fourth-order valence-corrected chi connectivity index (χ4v) is 3.25. The zero-order valence-electron chi connectivity index (χ0n) is 11.7. The molecule has 7 nitrogen and oxygen atoms in total. The van der Waals surface area contributed by atoms with Crippen LogP contribution in [-0.4, -0.2) is 25.3 Å². The largest absolute Gasteiger partial charge is 0.492 e. The number of sulfonamides is 1. The molecule has 8 heteroatoms. The highest BCUT2D eigenvalue weighted by molar-refractivity contribution is 7.93. The summed E-state index contributed by atoms with van der Waals surface area (Å²) >= 11 is 0. The molecule has 0 aliphatic heterocycles. The molecule has 2 aromatic carbocycles. The van der Waals surface area contributed by atoms with Gasteiger partial charge in [-0.1, -0.05) is 18.2 Å². The van der Waals surface area contributed by atoms with Crippen LogP contribution >= 0.6 is 0 Å². The molecule has 0 amide bonds. The van der Waals surface area contributed by atoms with E-state index in [9.17, 15) is 8.42 Å². The maximum absolute atomic E-state index is 12.6. The summed E-state index contributed by atoms with van der Waals surface area (Å²) < 4.78 is 37.7. The zero-order valence-corrected chi connectivity index (χ0v) is 12.5. The number of hydrogen-bond acceptors (Lipinski definition) is 6. The van der Waals surface area contributed by atoms with Crippen molar-refractivity contribution in [3.8, 4) is 5.75 Å². The van der Waals surface area contributed by atoms with Crippen LogP contribution < -0.4 is 9.46 Å². The van der Waals surface area contributed by atoms with E-state index in [2.05, 4.69) is 19.7 Å². The Morgan fingerprint density at radius 2 is 1.95 bits per heavy atom. The highest BCUT2D eigenvalue weighted by Crippen LogP contribution is 2.28. The van der Waals surface area contributed by atoms with Crippen LogP contribution in [0, 0.1) is 0 Å². The third-order valence-corrected chi connectivity index (χ3v) is 4.37. The third kappa shape index (κ3) is 2.60. The first-order valence-corrected chi connectivity index (χ1v) is 8.06. The van der Waals surface area contributed by atoms with Gasteiger partial charge in [0.2, 0.25) is 0 Å². The second-order valence-electron chi connectivity index (χ2n) is 4.42. The van der Waals surface area contributed by atoms with E-state index in [4.69, 9.17) is 4.74 Å². The molecular weight excluding hydrogens is 306 g/mol. The number of rotatable bonds is 5. The number of nitrogens with zero attached hydrogens (tertiary/aromatic N) is 2. The second-order valence-corrected chi connectivity index (χ2v) is 6.07. The topological polar surface area (TPSA) is 94.3 Å². The predicted octanol–water partition coefficient (Wildman–Crippen LogP) is 2.42. The molecule has 0 atom stereocenters. The molecule has 0 bridgehead atoms. The van der Waals surface area contributed by atoms with Crippen LogP contribution in [0.4, 0.5) is 5.69 Å². The summed E-state index contributed by atoms with van der Waals surface area (Å²) in [6.45, 7) is 2.26. The van der Waals surface area contributed by atoms with Gasteiger partial charge >= 0.3 is 0 Å². The SMILES string of the molecule is CCOc1ccccc1NS(=O)(=O)c1cccc2nonc12. The first kappa shape index (κ1) is 14.3. The highest BCUT2D eigenvalue weighted by atomic mass is 32.2. The standard InChI is InChI=1S/C14H13N3O4S/c1-2-20-12-8-4-3-6-10(12)17-22(18,19)13-9-5-7-11-14(13)16-21-15-11/h3-9,17H,2H2,1H3. The van der Waals surface area contributed by atoms with Gasteiger partial charge in [0.25, 0.3) is 10.0 Å². The van der Waals surface area contributed by atoms with Crippen LogP contribution in [0.2, 0.25) is 0 Å². The summed E-state index contributed by atoms with van der Waals surface area (Å²) in [7, 11) is -3.84. The van der Waals surface area contributed by atoms with E-state index in [1.807, 2.05) is 6.92 Å². The highest BCUT2D eigenvalue weighted by Gasteiger charge is 2.21. The van der Waals surface area contributed by atoms with Crippen molar-refractivity contribution in [2.75, 3.05) is 11.3 Å². The van der Waals surface area contributed by atoms with Gasteiger partial charge in [-0.2, -0.15) is 0 Å². The van der Waals surface area contributed by atoms with Crippen LogP contribution in [0.15, 0.2) is 52.0 Å². The monoisotopic (exact) mass is 319 g/mol. The Morgan fingerprint density at radius 1 is 1.14 bits per heavy atom. The summed E-state index contributed by atoms with van der Waals surface area (Å²) in [4.78, 5) is -0.00227. The normalized spacial score (nSPS) is 11.5. The lowest BCUT2D eigenvalue weighted by Crippen LogP contribution is -2.14. The minimum atomic E-state index is -3.84. The lowest BCUT2D eigenvalue weighted by atomic mass is 10.3. The number of benzene rings is 2. The summed E-state index contributed by atoms with van der Waals surface area (Å²) in [5.74, 6) is 0.457. The maximum atomic E-state index is 12.6. The molecule has 1 aromatic heterocycles. The molecule has 0 saturated carbocycles. The average Bonchev–Trinajstić information content (AvgIpc) is 2.97. The fourth-order valence-electron chi connectivity index (χ4n) is 2.03. The molecular formula is C14H13N3O4S. The van der Waals surface area contributed by atoms with Gasteiger partial charge in [0.15, 0.2) is 5.52 Å². The van der Waals surface area contributed by atoms with E-state index in [-0.39, 0.29) is 10.4 Å². The van der Waals surface area contributed by atoms with E-state index in [0.29, 0.717) is 23.6 Å². The Morgan fingerprint density at radius 3 is 2.77 bits per heavy atom. The van der Waals surface area contributed by atoms with E-state index in [1.54, 1.807) is 36.4 Å². The van der Waals surface area contributed by atoms with Gasteiger partial charge < -0.3 is 4.74 Å². The van der Waals surface area contributed by atoms with Gasteiger partial charge in [-0.3, -0.25) is 4.72 Å². The fraction of sp³-hybridized carbons (Fsp3) is 0.143. The van der Waals surface area contributed by atoms with Crippen molar-refractivity contribution in [2.45, 2.75) is 11.8 Å². The molecule has 22 heavy (non-hydrogen) atoms. The van der Waals surface area contributed by atoms with Gasteiger partial charge in [0, 0.05) is 0 Å². The van der Waals surface area contributed by atoms with Gasteiger partial charge in [0.1, 0.15) is 16.2 Å². The lowest BCUT2D eigenvalue weighted by Gasteiger charge is -2.12. The average molecular weight is 319 g/mol. The van der Waals surface area contributed by atoms with Crippen molar-refractivity contribution >= 4 is 26.7 Å². The number of aromatic nitrogens is 2. The minimum absolute atomic E-state index is 0.00227. The molecule has 1 heterocycles. The molecule has 0 fully saturated rings. The number of para-hydroxylation sites is 2. The molecule has 0 unspecified atom stereocenters. The predicted molar refractivity (Wildman–Crippen MR) is 80.2 cm³/mol. The molecule has 1 N–H and O–H groups in total. The molecule has 0 aliphatic carbocycles. The van der Waals surface area contributed by atoms with E-state index in [1.165, 1.54) is 6.07 Å². The van der Waals surface area contributed by atoms with Crippen LogP contribution in [-0.2, 0) is 10.0 Å². The summed E-state index contributed by atoms with van der Waals surface area (Å²) in [5, 5.41) is 7.29. The minimum Gasteiger partial charge on any atom is -0.492 e. The molecule has 114 valence electrons. The van der Waals surface area contributed by atoms with Crippen molar-refractivity contribution < 1.29 is 17.8 Å². The van der Waals surface area contributed by atoms with Crippen LogP contribution in [0.5, 0.6) is 5.75 Å². The Balaban J connectivity index is 2.03. The number of anilines is 1. The quantitative estimate of drug-likeness (QED) is 0.776. The number of fused-ring (bicyclic) bond motifs is 1. The maximum Gasteiger partial charge on any atom is 0.264 e. The summed E-state index contributed by atoms with van der Waals surface area (Å²) in [6.07, 6.45) is 0. The second kappa shape index (κ2) is 5.64. The Labute approximate surface area is 126 Å². The zero-order chi connectivity index (χ0) is 15.6. The third-order valence-electron chi connectivity index (χ3n) is 2.97. The Hall–Kier alpha value is -2.61. The number of nitrogens with one attached hydrogen (secondary N) is 1. The van der Waals surface area contributed by atoms with Crippen molar-refractivity contribution in [2.24, 2.45) is 0 Å². The molecule has 3 aromatic rings. The molecule has 3 rings (SSSR count). The van der Waals surface area contributed by atoms with Crippen LogP contribution in [0.3, 0.4) is 0 Å². The lowest BCUT2D eigenvalue weighted by molar-refractivity contribution is 0.315. The molecule has 0 saturated heterocycles. The van der Waals surface area contributed by atoms with E-state index in [0.717, 1.165) is 0 Å². The van der Waals surface area contributed by atoms with Crippen molar-refractivity contribution in [3.05, 3.63) is 42.5 Å². The first-order chi connectivity index (χ1) is 10.6. The first-order valence-electron chi connectivity index (χ1n) is 6.58. The van der Waals surface area contributed by atoms with Crippen molar-refractivity contribution in [1.82, 2.24) is 10.3 Å². The summed E-state index contributed by atoms with van der Waals surface area (Å²) in [5.41, 5.74) is 0.919. The van der Waals surface area contributed by atoms with Crippen molar-refractivity contribution in [3.63, 3.8) is 0 Å². The number of hydrogen-bond donors (Lipinski definition) is 1. The van der Waals surface area contributed by atoms with Crippen LogP contribution in [0.25, 0.3) is 11.0 Å². The smallest absolute Gasteiger partial charge is 0.264 e. The van der Waals surface area contributed by atoms with Gasteiger partial charge in [-0.05, 0) is 41.5 Å². The van der Waals surface area contributed by atoms with Gasteiger partial charge in [-0.15, -0.1) is 0 Å². The van der Waals surface area contributed by atoms with E-state index < -0.39 is 10.0 Å². The molecule has 0 radical (unpaired) electrons. The number of ether oxygens (including phenoxy) is 1. The Bertz CT molecular complexity index is 905. The molecule has 0 spiro atoms. The van der Waals surface area contributed by atoms with E-state index >= 15 is 0 Å². The molecule has 0 aliphatic rings. The van der Waals surface area contributed by atoms with Crippen molar-refractivity contribution in [1.29, 1.82) is 0 Å². The van der Waals surface area contributed by atoms with Gasteiger partial charge in [0.05, 0.1) is 12.3 Å². The Kier molecular flexibility index (Phi) is 3.68. The summed E-state index contributed by atoms with van der Waals surface area (Å²) in [6, 6.07) is 11.5. The van der Waals surface area contributed by atoms with Gasteiger partial charge in [-0.25, -0.2) is 13.0 Å².